The number of nitrogen functional groups attached to an aromatic ring is 1. The molecule has 0 unspecified atom stereocenters. The number of benzene rings is 1. The number of aromatic nitrogens is 4. The molecule has 3 aromatic rings. The summed E-state index contributed by atoms with van der Waals surface area (Å²) in [5.41, 5.74) is 7.93. The van der Waals surface area contributed by atoms with Gasteiger partial charge in [0.2, 0.25) is 0 Å². The number of amides is 1. The van der Waals surface area contributed by atoms with Gasteiger partial charge in [-0.05, 0) is 25.0 Å². The molecule has 142 valence electrons. The van der Waals surface area contributed by atoms with Gasteiger partial charge in [0.1, 0.15) is 18.0 Å². The van der Waals surface area contributed by atoms with Gasteiger partial charge in [-0.2, -0.15) is 0 Å². The molecule has 3 N–H and O–H groups in total. The third-order valence-corrected chi connectivity index (χ3v) is 4.76. The van der Waals surface area contributed by atoms with Crippen LogP contribution in [0.25, 0.3) is 11.3 Å². The largest absolute Gasteiger partial charge is 0.384 e. The van der Waals surface area contributed by atoms with E-state index in [0.29, 0.717) is 11.4 Å². The van der Waals surface area contributed by atoms with E-state index in [4.69, 9.17) is 5.73 Å². The molecule has 1 saturated heterocycles. The number of rotatable bonds is 4. The first-order valence-electron chi connectivity index (χ1n) is 9.19. The van der Waals surface area contributed by atoms with Gasteiger partial charge in [0.25, 0.3) is 5.91 Å². The highest BCUT2D eigenvalue weighted by atomic mass is 16.1. The maximum atomic E-state index is 12.7. The number of nitrogens with one attached hydrogen (secondary N) is 1. The molecule has 1 amide bonds. The van der Waals surface area contributed by atoms with Gasteiger partial charge >= 0.3 is 0 Å². The molecule has 0 radical (unpaired) electrons. The number of anilines is 2. The highest BCUT2D eigenvalue weighted by Crippen LogP contribution is 2.19. The molecular formula is C20H21N7O. The molecule has 4 rings (SSSR count). The van der Waals surface area contributed by atoms with Gasteiger partial charge < -0.3 is 16.0 Å². The molecule has 1 aliphatic heterocycles. The second-order valence-corrected chi connectivity index (χ2v) is 6.73. The predicted molar refractivity (Wildman–Crippen MR) is 107 cm³/mol. The van der Waals surface area contributed by atoms with Crippen LogP contribution in [0.2, 0.25) is 0 Å². The Kier molecular flexibility index (Phi) is 5.09. The minimum Gasteiger partial charge on any atom is -0.384 e. The minimum absolute atomic E-state index is 0.0737. The molecule has 1 aromatic carbocycles. The number of piperidine rings is 1. The van der Waals surface area contributed by atoms with Crippen molar-refractivity contribution in [3.63, 3.8) is 0 Å². The summed E-state index contributed by atoms with van der Waals surface area (Å²) in [5, 5.41) is 3.13. The highest BCUT2D eigenvalue weighted by Gasteiger charge is 2.22. The molecule has 0 spiro atoms. The Morgan fingerprint density at radius 1 is 1.14 bits per heavy atom. The summed E-state index contributed by atoms with van der Waals surface area (Å²) in [7, 11) is 0. The Balaban J connectivity index is 1.40. The van der Waals surface area contributed by atoms with Gasteiger partial charge in [-0.25, -0.2) is 15.0 Å². The van der Waals surface area contributed by atoms with E-state index in [1.807, 2.05) is 12.1 Å². The van der Waals surface area contributed by atoms with Gasteiger partial charge in [-0.3, -0.25) is 9.78 Å². The molecule has 0 saturated carbocycles. The predicted octanol–water partition coefficient (Wildman–Crippen LogP) is 1.91. The van der Waals surface area contributed by atoms with Crippen LogP contribution in [0.5, 0.6) is 0 Å². The third-order valence-electron chi connectivity index (χ3n) is 4.76. The highest BCUT2D eigenvalue weighted by molar-refractivity contribution is 5.94. The zero-order valence-electron chi connectivity index (χ0n) is 15.3. The van der Waals surface area contributed by atoms with E-state index in [-0.39, 0.29) is 11.9 Å². The quantitative estimate of drug-likeness (QED) is 0.717. The van der Waals surface area contributed by atoms with E-state index >= 15 is 0 Å². The van der Waals surface area contributed by atoms with Crippen molar-refractivity contribution in [2.45, 2.75) is 18.9 Å². The van der Waals surface area contributed by atoms with Crippen LogP contribution in [0, 0.1) is 0 Å². The monoisotopic (exact) mass is 375 g/mol. The maximum absolute atomic E-state index is 12.7. The SMILES string of the molecule is Nc1cc(-c2ccc(C(=O)N[C@H]3CCCN(c4cnccn4)C3)cc2)ncn1. The Morgan fingerprint density at radius 2 is 2.00 bits per heavy atom. The van der Waals surface area contributed by atoms with Gasteiger partial charge in [-0.15, -0.1) is 0 Å². The summed E-state index contributed by atoms with van der Waals surface area (Å²) in [6.07, 6.45) is 8.47. The molecule has 3 heterocycles. The van der Waals surface area contributed by atoms with Crippen LogP contribution in [0.1, 0.15) is 23.2 Å². The van der Waals surface area contributed by atoms with Crippen LogP contribution >= 0.6 is 0 Å². The average molecular weight is 375 g/mol. The van der Waals surface area contributed by atoms with Gasteiger partial charge in [0.05, 0.1) is 11.9 Å². The Morgan fingerprint density at radius 3 is 2.75 bits per heavy atom. The summed E-state index contributed by atoms with van der Waals surface area (Å²) in [6.45, 7) is 1.64. The second kappa shape index (κ2) is 7.99. The van der Waals surface area contributed by atoms with Crippen molar-refractivity contribution in [1.29, 1.82) is 0 Å². The first-order valence-corrected chi connectivity index (χ1v) is 9.19. The lowest BCUT2D eigenvalue weighted by Gasteiger charge is -2.33. The molecular weight excluding hydrogens is 354 g/mol. The minimum atomic E-state index is -0.0836. The maximum Gasteiger partial charge on any atom is 0.251 e. The molecule has 1 aliphatic rings. The smallest absolute Gasteiger partial charge is 0.251 e. The molecule has 0 aliphatic carbocycles. The Labute approximate surface area is 162 Å². The van der Waals surface area contributed by atoms with Crippen LogP contribution in [-0.2, 0) is 0 Å². The van der Waals surface area contributed by atoms with E-state index in [2.05, 4.69) is 30.2 Å². The fourth-order valence-corrected chi connectivity index (χ4v) is 3.35. The molecule has 1 atom stereocenters. The topological polar surface area (TPSA) is 110 Å². The van der Waals surface area contributed by atoms with Crippen molar-refractivity contribution in [3.05, 3.63) is 60.8 Å². The summed E-state index contributed by atoms with van der Waals surface area (Å²) in [6, 6.07) is 9.10. The van der Waals surface area contributed by atoms with Crippen LogP contribution in [-0.4, -0.2) is 45.0 Å². The van der Waals surface area contributed by atoms with Gasteiger partial charge in [0.15, 0.2) is 0 Å². The lowest BCUT2D eigenvalue weighted by atomic mass is 10.0. The fourth-order valence-electron chi connectivity index (χ4n) is 3.35. The summed E-state index contributed by atoms with van der Waals surface area (Å²) in [4.78, 5) is 31.4. The molecule has 8 heteroatoms. The lowest BCUT2D eigenvalue weighted by molar-refractivity contribution is 0.0933. The van der Waals surface area contributed by atoms with Crippen molar-refractivity contribution in [1.82, 2.24) is 25.3 Å². The summed E-state index contributed by atoms with van der Waals surface area (Å²) in [5.74, 6) is 1.17. The first kappa shape index (κ1) is 17.8. The molecule has 1 fully saturated rings. The number of carbonyl (C=O) groups excluding carboxylic acids is 1. The first-order chi connectivity index (χ1) is 13.7. The van der Waals surface area contributed by atoms with Crippen molar-refractivity contribution >= 4 is 17.5 Å². The Bertz CT molecular complexity index is 946. The van der Waals surface area contributed by atoms with Gasteiger partial charge in [-0.1, -0.05) is 12.1 Å². The van der Waals surface area contributed by atoms with Crippen LogP contribution in [0.4, 0.5) is 11.6 Å². The Hall–Kier alpha value is -3.55. The van der Waals surface area contributed by atoms with E-state index in [0.717, 1.165) is 43.0 Å². The standard InChI is InChI=1S/C20H21N7O/c21-18-10-17(24-13-25-18)14-3-5-15(6-4-14)20(28)26-16-2-1-9-27(12-16)19-11-22-7-8-23-19/h3-8,10-11,13,16H,1-2,9,12H2,(H,26,28)(H2,21,24,25)/t16-/m0/s1. The van der Waals surface area contributed by atoms with Crippen molar-refractivity contribution in [2.24, 2.45) is 0 Å². The zero-order valence-corrected chi connectivity index (χ0v) is 15.3. The van der Waals surface area contributed by atoms with E-state index in [1.54, 1.807) is 36.8 Å². The zero-order chi connectivity index (χ0) is 19.3. The average Bonchev–Trinajstić information content (AvgIpc) is 2.75. The molecule has 2 aromatic heterocycles. The second-order valence-electron chi connectivity index (χ2n) is 6.73. The fraction of sp³-hybridized carbons (Fsp3) is 0.250. The number of nitrogens with zero attached hydrogens (tertiary/aromatic N) is 5. The molecule has 0 bridgehead atoms. The normalized spacial score (nSPS) is 16.6. The molecule has 28 heavy (non-hydrogen) atoms. The van der Waals surface area contributed by atoms with E-state index in [1.165, 1.54) is 6.33 Å². The number of nitrogens with two attached hydrogens (primary N) is 1. The van der Waals surface area contributed by atoms with Crippen molar-refractivity contribution in [2.75, 3.05) is 23.7 Å². The summed E-state index contributed by atoms with van der Waals surface area (Å²) < 4.78 is 0. The van der Waals surface area contributed by atoms with E-state index < -0.39 is 0 Å². The van der Waals surface area contributed by atoms with Gasteiger partial charge in [0, 0.05) is 48.7 Å². The molecule has 8 nitrogen and oxygen atoms in total. The lowest BCUT2D eigenvalue weighted by Crippen LogP contribution is -2.48. The third kappa shape index (κ3) is 4.06. The van der Waals surface area contributed by atoms with Crippen molar-refractivity contribution < 1.29 is 4.79 Å². The van der Waals surface area contributed by atoms with Crippen LogP contribution < -0.4 is 16.0 Å². The summed E-state index contributed by atoms with van der Waals surface area (Å²) >= 11 is 0. The number of carbonyl (C=O) groups is 1. The van der Waals surface area contributed by atoms with Crippen LogP contribution in [0.15, 0.2) is 55.2 Å². The number of hydrogen-bond donors (Lipinski definition) is 2. The van der Waals surface area contributed by atoms with E-state index in [9.17, 15) is 4.79 Å². The van der Waals surface area contributed by atoms with Crippen LogP contribution in [0.3, 0.4) is 0 Å². The number of hydrogen-bond acceptors (Lipinski definition) is 7. The van der Waals surface area contributed by atoms with Crippen molar-refractivity contribution in [3.8, 4) is 11.3 Å².